The smallest absolute Gasteiger partial charge is 0.270 e. The van der Waals surface area contributed by atoms with E-state index in [0.717, 1.165) is 11.3 Å². The van der Waals surface area contributed by atoms with Gasteiger partial charge in [-0.25, -0.2) is 0 Å². The molecule has 1 aromatic carbocycles. The molecule has 0 heterocycles. The van der Waals surface area contributed by atoms with Crippen LogP contribution in [0.25, 0.3) is 0 Å². The minimum atomic E-state index is -0.514. The monoisotopic (exact) mass is 317 g/mol. The Morgan fingerprint density at radius 1 is 1.60 bits per heavy atom. The van der Waals surface area contributed by atoms with Crippen LogP contribution in [0.4, 0.5) is 5.69 Å². The van der Waals surface area contributed by atoms with E-state index in [-0.39, 0.29) is 11.6 Å². The summed E-state index contributed by atoms with van der Waals surface area (Å²) < 4.78 is 0. The molecule has 0 fully saturated rings. The van der Waals surface area contributed by atoms with E-state index in [4.69, 9.17) is 17.3 Å². The second kappa shape index (κ2) is 8.08. The van der Waals surface area contributed by atoms with E-state index >= 15 is 0 Å². The van der Waals surface area contributed by atoms with Crippen molar-refractivity contribution in [2.24, 2.45) is 5.73 Å². The number of aryl methyl sites for hydroxylation is 1. The number of non-ortho nitro benzene ring substituents is 1. The number of hydrogen-bond acceptors (Lipinski definition) is 5. The zero-order valence-corrected chi connectivity index (χ0v) is 12.5. The Morgan fingerprint density at radius 3 is 2.85 bits per heavy atom. The van der Waals surface area contributed by atoms with E-state index in [1.54, 1.807) is 13.0 Å². The summed E-state index contributed by atoms with van der Waals surface area (Å²) in [5.41, 5.74) is 6.24. The highest BCUT2D eigenvalue weighted by atomic mass is 35.5. The standard InChI is InChI=1S/C12H16ClN3O3S/c1-8(14)12(17)15-7-20-5-4-9-2-3-10(16(18)19)6-11(9)13/h2-3,6,8H,4-5,7,14H2,1H3,(H,15,17)/t8-/m0/s1. The molecular formula is C12H16ClN3O3S. The Morgan fingerprint density at radius 2 is 2.30 bits per heavy atom. The zero-order chi connectivity index (χ0) is 15.1. The number of carbonyl (C=O) groups is 1. The first-order chi connectivity index (χ1) is 9.41. The second-order valence-corrected chi connectivity index (χ2v) is 5.68. The van der Waals surface area contributed by atoms with Crippen molar-refractivity contribution in [3.8, 4) is 0 Å². The van der Waals surface area contributed by atoms with Crippen LogP contribution in [0.1, 0.15) is 12.5 Å². The molecule has 0 saturated carbocycles. The number of halogens is 1. The van der Waals surface area contributed by atoms with Gasteiger partial charge in [0.2, 0.25) is 5.91 Å². The number of hydrogen-bond donors (Lipinski definition) is 2. The molecule has 3 N–H and O–H groups in total. The highest BCUT2D eigenvalue weighted by Gasteiger charge is 2.09. The van der Waals surface area contributed by atoms with Gasteiger partial charge in [0.05, 0.1) is 21.9 Å². The van der Waals surface area contributed by atoms with Crippen molar-refractivity contribution in [1.82, 2.24) is 5.32 Å². The fourth-order valence-electron chi connectivity index (χ4n) is 1.39. The van der Waals surface area contributed by atoms with Gasteiger partial charge in [0.15, 0.2) is 0 Å². The SMILES string of the molecule is C[C@H](N)C(=O)NCSCCc1ccc([N+](=O)[O-])cc1Cl. The van der Waals surface area contributed by atoms with Gasteiger partial charge in [-0.1, -0.05) is 17.7 Å². The number of nitro benzene ring substituents is 1. The third-order valence-corrected chi connectivity index (χ3v) is 3.72. The minimum absolute atomic E-state index is 0.0180. The molecule has 1 atom stereocenters. The molecule has 0 unspecified atom stereocenters. The van der Waals surface area contributed by atoms with E-state index in [1.807, 2.05) is 0 Å². The Balaban J connectivity index is 2.36. The molecule has 6 nitrogen and oxygen atoms in total. The van der Waals surface area contributed by atoms with Crippen molar-refractivity contribution in [3.05, 3.63) is 38.9 Å². The van der Waals surface area contributed by atoms with E-state index < -0.39 is 11.0 Å². The second-order valence-electron chi connectivity index (χ2n) is 4.17. The average molecular weight is 318 g/mol. The minimum Gasteiger partial charge on any atom is -0.346 e. The van der Waals surface area contributed by atoms with Gasteiger partial charge in [-0.2, -0.15) is 0 Å². The molecule has 8 heteroatoms. The van der Waals surface area contributed by atoms with Crippen LogP contribution in [0.2, 0.25) is 5.02 Å². The molecule has 110 valence electrons. The van der Waals surface area contributed by atoms with E-state index in [2.05, 4.69) is 5.32 Å². The molecule has 0 aliphatic heterocycles. The highest BCUT2D eigenvalue weighted by Crippen LogP contribution is 2.23. The Kier molecular flexibility index (Phi) is 6.77. The number of rotatable bonds is 7. The van der Waals surface area contributed by atoms with Crippen molar-refractivity contribution in [2.45, 2.75) is 19.4 Å². The lowest BCUT2D eigenvalue weighted by atomic mass is 10.1. The van der Waals surface area contributed by atoms with Gasteiger partial charge in [-0.05, 0) is 24.7 Å². The quantitative estimate of drug-likeness (QED) is 0.346. The van der Waals surface area contributed by atoms with Crippen LogP contribution in [0, 0.1) is 10.1 Å². The van der Waals surface area contributed by atoms with Crippen molar-refractivity contribution in [2.75, 3.05) is 11.6 Å². The number of nitrogens with zero attached hydrogens (tertiary/aromatic N) is 1. The normalized spacial score (nSPS) is 11.9. The molecule has 0 spiro atoms. The van der Waals surface area contributed by atoms with Gasteiger partial charge in [-0.3, -0.25) is 14.9 Å². The summed E-state index contributed by atoms with van der Waals surface area (Å²) in [5, 5.41) is 13.6. The van der Waals surface area contributed by atoms with Crippen molar-refractivity contribution >= 4 is 35.0 Å². The topological polar surface area (TPSA) is 98.3 Å². The third kappa shape index (κ3) is 5.36. The van der Waals surface area contributed by atoms with E-state index in [0.29, 0.717) is 17.3 Å². The van der Waals surface area contributed by atoms with Crippen LogP contribution in [0.3, 0.4) is 0 Å². The van der Waals surface area contributed by atoms with Crippen molar-refractivity contribution in [3.63, 3.8) is 0 Å². The molecule has 0 aliphatic rings. The maximum Gasteiger partial charge on any atom is 0.270 e. The van der Waals surface area contributed by atoms with E-state index in [9.17, 15) is 14.9 Å². The lowest BCUT2D eigenvalue weighted by Crippen LogP contribution is -2.38. The first kappa shape index (κ1) is 16.7. The highest BCUT2D eigenvalue weighted by molar-refractivity contribution is 7.99. The van der Waals surface area contributed by atoms with Crippen LogP contribution < -0.4 is 11.1 Å². The predicted octanol–water partition coefficient (Wildman–Crippen LogP) is 1.94. The van der Waals surface area contributed by atoms with Crippen LogP contribution in [-0.2, 0) is 11.2 Å². The molecule has 1 aromatic rings. The largest absolute Gasteiger partial charge is 0.346 e. The maximum absolute atomic E-state index is 11.2. The fraction of sp³-hybridized carbons (Fsp3) is 0.417. The summed E-state index contributed by atoms with van der Waals surface area (Å²) >= 11 is 7.51. The van der Waals surface area contributed by atoms with Gasteiger partial charge in [0.1, 0.15) is 0 Å². The predicted molar refractivity (Wildman–Crippen MR) is 80.9 cm³/mol. The number of nitro groups is 1. The van der Waals surface area contributed by atoms with Crippen LogP contribution in [0.5, 0.6) is 0 Å². The van der Waals surface area contributed by atoms with Gasteiger partial charge >= 0.3 is 0 Å². The molecule has 0 bridgehead atoms. The van der Waals surface area contributed by atoms with Crippen LogP contribution >= 0.6 is 23.4 Å². The first-order valence-corrected chi connectivity index (χ1v) is 7.49. The van der Waals surface area contributed by atoms with Gasteiger partial charge in [0.25, 0.3) is 5.69 Å². The number of benzene rings is 1. The number of thioether (sulfide) groups is 1. The average Bonchev–Trinajstić information content (AvgIpc) is 2.39. The lowest BCUT2D eigenvalue weighted by Gasteiger charge is -2.08. The van der Waals surface area contributed by atoms with Crippen molar-refractivity contribution in [1.29, 1.82) is 0 Å². The third-order valence-electron chi connectivity index (χ3n) is 2.53. The van der Waals surface area contributed by atoms with E-state index in [1.165, 1.54) is 23.9 Å². The summed E-state index contributed by atoms with van der Waals surface area (Å²) in [7, 11) is 0. The molecule has 0 radical (unpaired) electrons. The van der Waals surface area contributed by atoms with Gasteiger partial charge in [-0.15, -0.1) is 11.8 Å². The summed E-state index contributed by atoms with van der Waals surface area (Å²) in [5.74, 6) is 1.03. The molecule has 0 saturated heterocycles. The number of nitrogens with two attached hydrogens (primary N) is 1. The van der Waals surface area contributed by atoms with Crippen LogP contribution in [-0.4, -0.2) is 28.5 Å². The Labute approximate surface area is 126 Å². The molecule has 0 aliphatic carbocycles. The summed E-state index contributed by atoms with van der Waals surface area (Å²) in [6, 6.07) is 3.92. The van der Waals surface area contributed by atoms with Gasteiger partial charge in [0, 0.05) is 12.1 Å². The van der Waals surface area contributed by atoms with Crippen molar-refractivity contribution < 1.29 is 9.72 Å². The Bertz CT molecular complexity index is 497. The summed E-state index contributed by atoms with van der Waals surface area (Å²) in [6.07, 6.45) is 0.676. The number of carbonyl (C=O) groups excluding carboxylic acids is 1. The fourth-order valence-corrected chi connectivity index (χ4v) is 2.41. The molecule has 1 rings (SSSR count). The molecule has 20 heavy (non-hydrogen) atoms. The maximum atomic E-state index is 11.2. The first-order valence-electron chi connectivity index (χ1n) is 5.95. The summed E-state index contributed by atoms with van der Waals surface area (Å²) in [6.45, 7) is 1.62. The lowest BCUT2D eigenvalue weighted by molar-refractivity contribution is -0.384. The molecule has 0 aromatic heterocycles. The number of amides is 1. The summed E-state index contributed by atoms with van der Waals surface area (Å²) in [4.78, 5) is 21.3. The number of nitrogens with one attached hydrogen (secondary N) is 1. The molecular weight excluding hydrogens is 302 g/mol. The Hall–Kier alpha value is -1.31. The molecule has 1 amide bonds. The van der Waals surface area contributed by atoms with Crippen LogP contribution in [0.15, 0.2) is 18.2 Å². The zero-order valence-electron chi connectivity index (χ0n) is 11.0. The van der Waals surface area contributed by atoms with Gasteiger partial charge < -0.3 is 11.1 Å².